The van der Waals surface area contributed by atoms with Crippen molar-refractivity contribution < 1.29 is 4.79 Å². The molecule has 26 heavy (non-hydrogen) atoms. The number of benzene rings is 2. The highest BCUT2D eigenvalue weighted by Crippen LogP contribution is 2.19. The van der Waals surface area contributed by atoms with Gasteiger partial charge in [-0.25, -0.2) is 14.8 Å². The van der Waals surface area contributed by atoms with Crippen molar-refractivity contribution in [3.63, 3.8) is 0 Å². The van der Waals surface area contributed by atoms with Crippen LogP contribution in [0.4, 0.5) is 16.3 Å². The lowest BCUT2D eigenvalue weighted by molar-refractivity contribution is 0.251. The van der Waals surface area contributed by atoms with Gasteiger partial charge in [-0.05, 0) is 41.8 Å². The van der Waals surface area contributed by atoms with Crippen LogP contribution in [-0.4, -0.2) is 29.1 Å². The molecule has 6 nitrogen and oxygen atoms in total. The number of amides is 2. The van der Waals surface area contributed by atoms with Crippen LogP contribution in [0.2, 0.25) is 0 Å². The number of hydrogen-bond donors (Lipinski definition) is 2. The number of carbonyl (C=O) groups excluding carboxylic acids is 1. The minimum Gasteiger partial charge on any atom is -0.357 e. The Bertz CT molecular complexity index is 921. The van der Waals surface area contributed by atoms with E-state index in [0.717, 1.165) is 35.4 Å². The number of urea groups is 1. The van der Waals surface area contributed by atoms with Crippen LogP contribution in [0.1, 0.15) is 18.7 Å². The van der Waals surface area contributed by atoms with Crippen molar-refractivity contribution in [2.24, 2.45) is 0 Å². The standard InChI is InChI=1S/C20H21N5O/c26-20(23-17-8-7-15-5-1-2-6-16(15)13-17)22-14-18-21-10-9-19(24-18)25-11-3-4-12-25/h1-2,5-10,13H,3-4,11-12,14H2,(H2,22,23,26). The van der Waals surface area contributed by atoms with Crippen LogP contribution in [-0.2, 0) is 6.54 Å². The molecule has 0 atom stereocenters. The van der Waals surface area contributed by atoms with Gasteiger partial charge >= 0.3 is 6.03 Å². The number of carbonyl (C=O) groups is 1. The predicted octanol–water partition coefficient (Wildman–Crippen LogP) is 3.55. The van der Waals surface area contributed by atoms with E-state index in [1.54, 1.807) is 6.20 Å². The summed E-state index contributed by atoms with van der Waals surface area (Å²) in [7, 11) is 0. The molecule has 2 amide bonds. The zero-order chi connectivity index (χ0) is 17.8. The maximum absolute atomic E-state index is 12.2. The summed E-state index contributed by atoms with van der Waals surface area (Å²) in [6.45, 7) is 2.36. The van der Waals surface area contributed by atoms with E-state index in [2.05, 4.69) is 25.5 Å². The van der Waals surface area contributed by atoms with Gasteiger partial charge in [-0.15, -0.1) is 0 Å². The summed E-state index contributed by atoms with van der Waals surface area (Å²) in [6.07, 6.45) is 4.15. The van der Waals surface area contributed by atoms with E-state index in [9.17, 15) is 4.79 Å². The van der Waals surface area contributed by atoms with Crippen molar-refractivity contribution in [2.75, 3.05) is 23.3 Å². The summed E-state index contributed by atoms with van der Waals surface area (Å²) >= 11 is 0. The molecule has 4 rings (SSSR count). The first-order valence-electron chi connectivity index (χ1n) is 8.88. The summed E-state index contributed by atoms with van der Waals surface area (Å²) < 4.78 is 0. The Morgan fingerprint density at radius 2 is 1.85 bits per heavy atom. The second-order valence-corrected chi connectivity index (χ2v) is 6.39. The van der Waals surface area contributed by atoms with Gasteiger partial charge in [0.05, 0.1) is 6.54 Å². The molecular formula is C20H21N5O. The van der Waals surface area contributed by atoms with E-state index >= 15 is 0 Å². The number of nitrogens with zero attached hydrogens (tertiary/aromatic N) is 3. The van der Waals surface area contributed by atoms with Gasteiger partial charge in [-0.2, -0.15) is 0 Å². The van der Waals surface area contributed by atoms with Gasteiger partial charge in [0, 0.05) is 25.0 Å². The van der Waals surface area contributed by atoms with Crippen LogP contribution in [0.15, 0.2) is 54.7 Å². The van der Waals surface area contributed by atoms with E-state index in [1.807, 2.05) is 48.5 Å². The fraction of sp³-hybridized carbons (Fsp3) is 0.250. The number of hydrogen-bond acceptors (Lipinski definition) is 4. The summed E-state index contributed by atoms with van der Waals surface area (Å²) in [5.74, 6) is 1.55. The second kappa shape index (κ2) is 7.39. The Morgan fingerprint density at radius 1 is 1.04 bits per heavy atom. The topological polar surface area (TPSA) is 70.2 Å². The lowest BCUT2D eigenvalue weighted by atomic mass is 10.1. The minimum absolute atomic E-state index is 0.268. The van der Waals surface area contributed by atoms with E-state index < -0.39 is 0 Å². The smallest absolute Gasteiger partial charge is 0.319 e. The molecule has 0 radical (unpaired) electrons. The molecule has 0 bridgehead atoms. The molecule has 2 heterocycles. The predicted molar refractivity (Wildman–Crippen MR) is 103 cm³/mol. The molecular weight excluding hydrogens is 326 g/mol. The summed E-state index contributed by atoms with van der Waals surface area (Å²) in [5.41, 5.74) is 0.757. The molecule has 1 fully saturated rings. The summed E-state index contributed by atoms with van der Waals surface area (Å²) in [4.78, 5) is 23.2. The van der Waals surface area contributed by atoms with Crippen molar-refractivity contribution in [2.45, 2.75) is 19.4 Å². The van der Waals surface area contributed by atoms with Crippen LogP contribution < -0.4 is 15.5 Å². The third-order valence-corrected chi connectivity index (χ3v) is 4.54. The first-order chi connectivity index (χ1) is 12.8. The zero-order valence-corrected chi connectivity index (χ0v) is 14.5. The maximum atomic E-state index is 12.2. The van der Waals surface area contributed by atoms with Gasteiger partial charge in [0.1, 0.15) is 11.6 Å². The number of nitrogens with one attached hydrogen (secondary N) is 2. The fourth-order valence-electron chi connectivity index (χ4n) is 3.20. The van der Waals surface area contributed by atoms with Crippen molar-refractivity contribution in [1.29, 1.82) is 0 Å². The molecule has 0 aliphatic carbocycles. The molecule has 1 aliphatic rings. The van der Waals surface area contributed by atoms with Crippen molar-refractivity contribution in [1.82, 2.24) is 15.3 Å². The van der Waals surface area contributed by atoms with Crippen LogP contribution in [0.3, 0.4) is 0 Å². The average molecular weight is 347 g/mol. The largest absolute Gasteiger partial charge is 0.357 e. The van der Waals surface area contributed by atoms with Crippen LogP contribution in [0.5, 0.6) is 0 Å². The Hall–Kier alpha value is -3.15. The number of rotatable bonds is 4. The van der Waals surface area contributed by atoms with E-state index in [4.69, 9.17) is 0 Å². The summed E-state index contributed by atoms with van der Waals surface area (Å²) in [6, 6.07) is 15.6. The second-order valence-electron chi connectivity index (χ2n) is 6.39. The average Bonchev–Trinajstić information content (AvgIpc) is 3.21. The first-order valence-corrected chi connectivity index (χ1v) is 8.88. The molecule has 0 saturated carbocycles. The van der Waals surface area contributed by atoms with E-state index in [-0.39, 0.29) is 6.03 Å². The highest BCUT2D eigenvalue weighted by Gasteiger charge is 2.14. The normalized spacial score (nSPS) is 13.8. The van der Waals surface area contributed by atoms with E-state index in [0.29, 0.717) is 12.4 Å². The van der Waals surface area contributed by atoms with Gasteiger partial charge in [-0.1, -0.05) is 30.3 Å². The Labute approximate surface area is 152 Å². The molecule has 1 saturated heterocycles. The molecule has 1 aromatic heterocycles. The number of aromatic nitrogens is 2. The van der Waals surface area contributed by atoms with Gasteiger partial charge in [0.25, 0.3) is 0 Å². The van der Waals surface area contributed by atoms with Crippen molar-refractivity contribution in [3.05, 3.63) is 60.6 Å². The third kappa shape index (κ3) is 3.74. The Kier molecular flexibility index (Phi) is 4.64. The first kappa shape index (κ1) is 16.3. The van der Waals surface area contributed by atoms with Crippen LogP contribution in [0, 0.1) is 0 Å². The van der Waals surface area contributed by atoms with Crippen LogP contribution in [0.25, 0.3) is 10.8 Å². The highest BCUT2D eigenvalue weighted by molar-refractivity contribution is 5.93. The molecule has 2 aromatic carbocycles. The molecule has 2 N–H and O–H groups in total. The molecule has 6 heteroatoms. The monoisotopic (exact) mass is 347 g/mol. The quantitative estimate of drug-likeness (QED) is 0.757. The third-order valence-electron chi connectivity index (χ3n) is 4.54. The van der Waals surface area contributed by atoms with Crippen molar-refractivity contribution >= 4 is 28.3 Å². The summed E-state index contributed by atoms with van der Waals surface area (Å²) in [5, 5.41) is 7.91. The SMILES string of the molecule is O=C(NCc1nccc(N2CCCC2)n1)Nc1ccc2ccccc2c1. The van der Waals surface area contributed by atoms with E-state index in [1.165, 1.54) is 12.8 Å². The minimum atomic E-state index is -0.268. The number of fused-ring (bicyclic) bond motifs is 1. The molecule has 1 aliphatic heterocycles. The lowest BCUT2D eigenvalue weighted by Gasteiger charge is -2.16. The maximum Gasteiger partial charge on any atom is 0.319 e. The fourth-order valence-corrected chi connectivity index (χ4v) is 3.20. The van der Waals surface area contributed by atoms with Gasteiger partial charge < -0.3 is 15.5 Å². The molecule has 3 aromatic rings. The van der Waals surface area contributed by atoms with Gasteiger partial charge in [0.2, 0.25) is 0 Å². The van der Waals surface area contributed by atoms with Gasteiger partial charge in [-0.3, -0.25) is 0 Å². The van der Waals surface area contributed by atoms with Gasteiger partial charge in [0.15, 0.2) is 0 Å². The Morgan fingerprint density at radius 3 is 2.69 bits per heavy atom. The zero-order valence-electron chi connectivity index (χ0n) is 14.5. The Balaban J connectivity index is 1.36. The lowest BCUT2D eigenvalue weighted by Crippen LogP contribution is -2.29. The molecule has 0 unspecified atom stereocenters. The molecule has 132 valence electrons. The highest BCUT2D eigenvalue weighted by atomic mass is 16.2. The van der Waals surface area contributed by atoms with Crippen molar-refractivity contribution in [3.8, 4) is 0 Å². The van der Waals surface area contributed by atoms with Crippen LogP contribution >= 0.6 is 0 Å². The molecule has 0 spiro atoms. The number of anilines is 2.